The van der Waals surface area contributed by atoms with Crippen molar-refractivity contribution >= 4 is 32.7 Å². The van der Waals surface area contributed by atoms with Gasteiger partial charge in [-0.3, -0.25) is 9.48 Å². The van der Waals surface area contributed by atoms with E-state index in [1.165, 1.54) is 13.8 Å². The Hall–Kier alpha value is -2.73. The maximum absolute atomic E-state index is 13.2. The first-order valence-electron chi connectivity index (χ1n) is 12.1. The summed E-state index contributed by atoms with van der Waals surface area (Å²) in [5.41, 5.74) is -1.31. The number of carbonyl (C=O) groups excluding carboxylic acids is 1. The number of aromatic nitrogens is 3. The van der Waals surface area contributed by atoms with E-state index in [1.54, 1.807) is 12.1 Å². The Morgan fingerprint density at radius 1 is 1.11 bits per heavy atom. The third kappa shape index (κ3) is 6.06. The molecule has 1 aromatic carbocycles. The number of anilines is 1. The molecule has 0 atom stereocenters. The van der Waals surface area contributed by atoms with Crippen molar-refractivity contribution in [3.8, 4) is 0 Å². The molecule has 204 valence electrons. The second kappa shape index (κ2) is 8.39. The van der Waals surface area contributed by atoms with E-state index in [-0.39, 0.29) is 23.4 Å². The van der Waals surface area contributed by atoms with Gasteiger partial charge in [-0.15, -0.1) is 0 Å². The monoisotopic (exact) mass is 546 g/mol. The maximum Gasteiger partial charge on any atom is 0.325 e. The molecule has 2 N–H and O–H groups in total. The summed E-state index contributed by atoms with van der Waals surface area (Å²) in [5.74, 6) is 0.182. The molecule has 4 rings (SSSR count). The summed E-state index contributed by atoms with van der Waals surface area (Å²) in [6.45, 7) is 7.42. The molecule has 0 spiro atoms. The van der Waals surface area contributed by atoms with Gasteiger partial charge in [-0.1, -0.05) is 39.3 Å². The molecule has 0 unspecified atom stereocenters. The minimum atomic E-state index is -10.1. The third-order valence-corrected chi connectivity index (χ3v) is 8.00. The summed E-state index contributed by atoms with van der Waals surface area (Å²) in [7, 11) is -10.1. The summed E-state index contributed by atoms with van der Waals surface area (Å²) >= 11 is 0. The van der Waals surface area contributed by atoms with Gasteiger partial charge in [0.05, 0.1) is 17.2 Å². The van der Waals surface area contributed by atoms with Crippen LogP contribution in [0.1, 0.15) is 75.5 Å². The molecule has 0 aliphatic heterocycles. The number of aliphatic hydroxyl groups is 1. The number of rotatable bonds is 6. The highest BCUT2D eigenvalue weighted by molar-refractivity contribution is 8.45. The molecule has 2 heterocycles. The molecule has 0 saturated heterocycles. The second-order valence-corrected chi connectivity index (χ2v) is 13.1. The first kappa shape index (κ1) is 27.3. The average molecular weight is 547 g/mol. The highest BCUT2D eigenvalue weighted by Gasteiger charge is 2.67. The zero-order valence-corrected chi connectivity index (χ0v) is 21.8. The molecule has 0 bridgehead atoms. The van der Waals surface area contributed by atoms with E-state index >= 15 is 0 Å². The van der Waals surface area contributed by atoms with Crippen LogP contribution in [0, 0.1) is 11.8 Å². The summed E-state index contributed by atoms with van der Waals surface area (Å²) in [6, 6.07) is 5.14. The first-order chi connectivity index (χ1) is 16.8. The van der Waals surface area contributed by atoms with Crippen molar-refractivity contribution in [2.45, 2.75) is 70.0 Å². The number of pyridine rings is 1. The van der Waals surface area contributed by atoms with Gasteiger partial charge in [0, 0.05) is 22.8 Å². The Balaban J connectivity index is 1.66. The average Bonchev–Trinajstić information content (AvgIpc) is 3.19. The number of amides is 1. The van der Waals surface area contributed by atoms with Gasteiger partial charge in [0.1, 0.15) is 5.69 Å². The van der Waals surface area contributed by atoms with Crippen LogP contribution < -0.4 is 5.32 Å². The number of carbonyl (C=O) groups is 1. The lowest BCUT2D eigenvalue weighted by molar-refractivity contribution is 0.0793. The van der Waals surface area contributed by atoms with Crippen LogP contribution in [0.15, 0.2) is 41.6 Å². The molecule has 37 heavy (non-hydrogen) atoms. The quantitative estimate of drug-likeness (QED) is 0.308. The van der Waals surface area contributed by atoms with E-state index in [0.717, 1.165) is 31.7 Å². The van der Waals surface area contributed by atoms with E-state index in [4.69, 9.17) is 0 Å². The fourth-order valence-corrected chi connectivity index (χ4v) is 5.47. The van der Waals surface area contributed by atoms with Crippen molar-refractivity contribution in [1.82, 2.24) is 14.8 Å². The molecule has 2 aromatic heterocycles. The molecule has 12 heteroatoms. The van der Waals surface area contributed by atoms with Gasteiger partial charge in [-0.25, -0.2) is 4.98 Å². The molecule has 6 nitrogen and oxygen atoms in total. The van der Waals surface area contributed by atoms with E-state index < -0.39 is 32.5 Å². The van der Waals surface area contributed by atoms with E-state index in [2.05, 4.69) is 29.2 Å². The number of fused-ring (bicyclic) bond motifs is 1. The van der Waals surface area contributed by atoms with Crippen LogP contribution in [0.4, 0.5) is 25.1 Å². The summed E-state index contributed by atoms with van der Waals surface area (Å²) < 4.78 is 67.9. The molecule has 0 radical (unpaired) electrons. The topological polar surface area (TPSA) is 80.0 Å². The second-order valence-electron chi connectivity index (χ2n) is 10.7. The molecule has 3 aromatic rings. The van der Waals surface area contributed by atoms with Gasteiger partial charge in [0.2, 0.25) is 0 Å². The molecular formula is C25H31F5N4O2S. The molecular weight excluding hydrogens is 515 g/mol. The van der Waals surface area contributed by atoms with Crippen molar-refractivity contribution in [1.29, 1.82) is 0 Å². The highest BCUT2D eigenvalue weighted by Crippen LogP contribution is 3.01. The molecule has 1 aliphatic carbocycles. The SMILES string of the molecule is CC(C)C1CCC(n2cc3cc(NC(=O)c4cccc(S(F)(F)(F)(F)F)n4)c(C(C)(C)O)cc3n2)CC1. The zero-order valence-electron chi connectivity index (χ0n) is 21.0. The lowest BCUT2D eigenvalue weighted by Crippen LogP contribution is -2.22. The summed E-state index contributed by atoms with van der Waals surface area (Å²) in [4.78, 5) is 15.7. The predicted octanol–water partition coefficient (Wildman–Crippen LogP) is 7.96. The van der Waals surface area contributed by atoms with Crippen LogP contribution in [-0.2, 0) is 5.60 Å². The molecule has 1 fully saturated rings. The lowest BCUT2D eigenvalue weighted by atomic mass is 9.80. The Labute approximate surface area is 212 Å². The van der Waals surface area contributed by atoms with Crippen LogP contribution in [0.5, 0.6) is 0 Å². The largest absolute Gasteiger partial charge is 0.386 e. The molecule has 1 amide bonds. The van der Waals surface area contributed by atoms with Crippen LogP contribution in [-0.4, -0.2) is 25.8 Å². The maximum atomic E-state index is 13.2. The van der Waals surface area contributed by atoms with Crippen LogP contribution in [0.25, 0.3) is 10.9 Å². The van der Waals surface area contributed by atoms with Crippen LogP contribution in [0.3, 0.4) is 0 Å². The number of halogens is 5. The predicted molar refractivity (Wildman–Crippen MR) is 134 cm³/mol. The third-order valence-electron chi connectivity index (χ3n) is 6.98. The van der Waals surface area contributed by atoms with Crippen LogP contribution >= 0.6 is 10.2 Å². The molecule has 1 saturated carbocycles. The van der Waals surface area contributed by atoms with Crippen molar-refractivity contribution < 1.29 is 29.3 Å². The standard InChI is InChI=1S/C25H31F5N4O2S/c1-15(2)16-8-10-18(11-9-16)34-14-17-12-22(19(25(3,4)36)13-21(17)33-34)32-24(35)20-6-5-7-23(31-20)37(26,27,28,29)30/h5-7,12-16,18,36H,8-11H2,1-4H3,(H,32,35). The van der Waals surface area contributed by atoms with Gasteiger partial charge < -0.3 is 10.4 Å². The van der Waals surface area contributed by atoms with Crippen LogP contribution in [0.2, 0.25) is 0 Å². The Bertz CT molecular complexity index is 1340. The minimum absolute atomic E-state index is 0.118. The lowest BCUT2D eigenvalue weighted by Gasteiger charge is -2.39. The summed E-state index contributed by atoms with van der Waals surface area (Å²) in [5, 5.41) is 16.1. The van der Waals surface area contributed by atoms with Crippen molar-refractivity contribution in [3.05, 3.63) is 47.8 Å². The van der Waals surface area contributed by atoms with Crippen molar-refractivity contribution in [2.24, 2.45) is 11.8 Å². The first-order valence-corrected chi connectivity index (χ1v) is 14.1. The van der Waals surface area contributed by atoms with Gasteiger partial charge in [-0.05, 0) is 75.6 Å². The summed E-state index contributed by atoms with van der Waals surface area (Å²) in [6.07, 6.45) is 5.99. The van der Waals surface area contributed by atoms with Crippen molar-refractivity contribution in [2.75, 3.05) is 5.32 Å². The zero-order chi connectivity index (χ0) is 27.5. The number of hydrogen-bond acceptors (Lipinski definition) is 4. The van der Waals surface area contributed by atoms with Gasteiger partial charge in [-0.2, -0.15) is 5.10 Å². The van der Waals surface area contributed by atoms with Gasteiger partial charge in [0.15, 0.2) is 5.03 Å². The number of nitrogens with zero attached hydrogens (tertiary/aromatic N) is 3. The smallest absolute Gasteiger partial charge is 0.325 e. The van der Waals surface area contributed by atoms with E-state index in [0.29, 0.717) is 28.8 Å². The fourth-order valence-electron chi connectivity index (χ4n) is 4.86. The highest BCUT2D eigenvalue weighted by atomic mass is 32.5. The van der Waals surface area contributed by atoms with Gasteiger partial charge >= 0.3 is 10.2 Å². The molecule has 1 aliphatic rings. The Morgan fingerprint density at radius 3 is 2.32 bits per heavy atom. The van der Waals surface area contributed by atoms with E-state index in [9.17, 15) is 29.3 Å². The number of nitrogens with one attached hydrogen (secondary N) is 1. The number of hydrogen-bond donors (Lipinski definition) is 2. The fraction of sp³-hybridized carbons (Fsp3) is 0.480. The van der Waals surface area contributed by atoms with Crippen molar-refractivity contribution in [3.63, 3.8) is 0 Å². The van der Waals surface area contributed by atoms with E-state index in [1.807, 2.05) is 10.9 Å². The minimum Gasteiger partial charge on any atom is -0.386 e. The Kier molecular flexibility index (Phi) is 6.19. The Morgan fingerprint density at radius 2 is 1.76 bits per heavy atom. The normalized spacial score (nSPS) is 21.1. The number of benzene rings is 1. The van der Waals surface area contributed by atoms with Gasteiger partial charge in [0.25, 0.3) is 5.91 Å².